The third-order valence-electron chi connectivity index (χ3n) is 3.49. The predicted octanol–water partition coefficient (Wildman–Crippen LogP) is 0.508. The van der Waals surface area contributed by atoms with E-state index in [2.05, 4.69) is 17.6 Å². The van der Waals surface area contributed by atoms with Gasteiger partial charge in [0.1, 0.15) is 0 Å². The molecule has 1 saturated heterocycles. The van der Waals surface area contributed by atoms with Gasteiger partial charge in [-0.25, -0.2) is 0 Å². The molecule has 0 spiro atoms. The topological polar surface area (TPSA) is 61.4 Å². The number of nitrogens with one attached hydrogen (secondary N) is 2. The zero-order chi connectivity index (χ0) is 12.1. The maximum absolute atomic E-state index is 11.9. The Balaban J connectivity index is 2.39. The van der Waals surface area contributed by atoms with Gasteiger partial charge >= 0.3 is 0 Å². The molecule has 0 aromatic rings. The van der Waals surface area contributed by atoms with Crippen LogP contribution < -0.4 is 10.6 Å². The van der Waals surface area contributed by atoms with Crippen LogP contribution in [0.2, 0.25) is 0 Å². The van der Waals surface area contributed by atoms with Crippen LogP contribution >= 0.6 is 0 Å². The fourth-order valence-electron chi connectivity index (χ4n) is 1.93. The number of amides is 1. The molecule has 1 rings (SSSR count). The summed E-state index contributed by atoms with van der Waals surface area (Å²) in [5.41, 5.74) is 0. The van der Waals surface area contributed by atoms with E-state index in [-0.39, 0.29) is 30.5 Å². The Bertz CT molecular complexity index is 233. The van der Waals surface area contributed by atoms with Crippen molar-refractivity contribution in [1.29, 1.82) is 0 Å². The molecule has 0 aromatic heterocycles. The normalized spacial score (nSPS) is 29.5. The van der Waals surface area contributed by atoms with Gasteiger partial charge in [0.2, 0.25) is 5.91 Å². The molecule has 0 aliphatic carbocycles. The number of carbonyl (C=O) groups is 1. The molecule has 16 heavy (non-hydrogen) atoms. The summed E-state index contributed by atoms with van der Waals surface area (Å²) in [4.78, 5) is 11.9. The number of aliphatic hydroxyl groups excluding tert-OH is 1. The van der Waals surface area contributed by atoms with Crippen molar-refractivity contribution in [3.8, 4) is 0 Å². The fourth-order valence-corrected chi connectivity index (χ4v) is 1.93. The molecule has 4 unspecified atom stereocenters. The third-order valence-corrected chi connectivity index (χ3v) is 3.49. The first-order valence-electron chi connectivity index (χ1n) is 6.19. The zero-order valence-corrected chi connectivity index (χ0v) is 10.5. The minimum atomic E-state index is -0.0582. The van der Waals surface area contributed by atoms with Crippen molar-refractivity contribution >= 4 is 5.91 Å². The quantitative estimate of drug-likeness (QED) is 0.657. The summed E-state index contributed by atoms with van der Waals surface area (Å²) in [5, 5.41) is 15.2. The van der Waals surface area contributed by atoms with Crippen LogP contribution in [0.5, 0.6) is 0 Å². The SMILES string of the molecule is CC1CCNC(C(=O)NC(C)C(C)CO)C1. The summed E-state index contributed by atoms with van der Waals surface area (Å²) >= 11 is 0. The van der Waals surface area contributed by atoms with Crippen LogP contribution in [0.15, 0.2) is 0 Å². The van der Waals surface area contributed by atoms with E-state index in [1.807, 2.05) is 13.8 Å². The third kappa shape index (κ3) is 3.76. The molecular formula is C12H24N2O2. The highest BCUT2D eigenvalue weighted by atomic mass is 16.3. The second-order valence-corrected chi connectivity index (χ2v) is 5.09. The molecule has 0 bridgehead atoms. The first-order chi connectivity index (χ1) is 7.54. The Kier molecular flexibility index (Phi) is 5.22. The molecule has 1 aliphatic rings. The minimum Gasteiger partial charge on any atom is -0.396 e. The van der Waals surface area contributed by atoms with E-state index >= 15 is 0 Å². The van der Waals surface area contributed by atoms with E-state index in [0.29, 0.717) is 5.92 Å². The molecule has 94 valence electrons. The second-order valence-electron chi connectivity index (χ2n) is 5.09. The van der Waals surface area contributed by atoms with Gasteiger partial charge in [-0.05, 0) is 38.1 Å². The van der Waals surface area contributed by atoms with Crippen molar-refractivity contribution in [2.45, 2.75) is 45.7 Å². The molecule has 1 aliphatic heterocycles. The van der Waals surface area contributed by atoms with E-state index in [4.69, 9.17) is 5.11 Å². The standard InChI is InChI=1S/C12H24N2O2/c1-8-4-5-13-11(6-8)12(16)14-10(3)9(2)7-15/h8-11,13,15H,4-7H2,1-3H3,(H,14,16). The lowest BCUT2D eigenvalue weighted by atomic mass is 9.93. The molecule has 1 heterocycles. The van der Waals surface area contributed by atoms with E-state index in [0.717, 1.165) is 19.4 Å². The molecule has 1 fully saturated rings. The lowest BCUT2D eigenvalue weighted by Crippen LogP contribution is -2.51. The van der Waals surface area contributed by atoms with Gasteiger partial charge in [0.15, 0.2) is 0 Å². The Morgan fingerprint density at radius 3 is 2.81 bits per heavy atom. The molecule has 0 saturated carbocycles. The minimum absolute atomic E-state index is 0.0246. The summed E-state index contributed by atoms with van der Waals surface area (Å²) < 4.78 is 0. The molecule has 1 amide bonds. The highest BCUT2D eigenvalue weighted by Crippen LogP contribution is 2.15. The smallest absolute Gasteiger partial charge is 0.237 e. The monoisotopic (exact) mass is 228 g/mol. The van der Waals surface area contributed by atoms with Gasteiger partial charge in [-0.2, -0.15) is 0 Å². The van der Waals surface area contributed by atoms with Crippen LogP contribution in [-0.4, -0.2) is 36.2 Å². The van der Waals surface area contributed by atoms with Crippen molar-refractivity contribution in [2.75, 3.05) is 13.2 Å². The Morgan fingerprint density at radius 1 is 1.56 bits per heavy atom. The van der Waals surface area contributed by atoms with Crippen molar-refractivity contribution in [2.24, 2.45) is 11.8 Å². The Labute approximate surface area is 97.8 Å². The van der Waals surface area contributed by atoms with Gasteiger partial charge in [0, 0.05) is 12.6 Å². The number of carbonyl (C=O) groups excluding carboxylic acids is 1. The average molecular weight is 228 g/mol. The summed E-state index contributed by atoms with van der Waals surface area (Å²) in [6.07, 6.45) is 2.05. The first kappa shape index (κ1) is 13.5. The zero-order valence-electron chi connectivity index (χ0n) is 10.5. The maximum atomic E-state index is 11.9. The van der Waals surface area contributed by atoms with Crippen LogP contribution in [0, 0.1) is 11.8 Å². The summed E-state index contributed by atoms with van der Waals surface area (Å²) in [5.74, 6) is 0.784. The van der Waals surface area contributed by atoms with Gasteiger partial charge in [-0.3, -0.25) is 4.79 Å². The molecule has 4 atom stereocenters. The Morgan fingerprint density at radius 2 is 2.25 bits per heavy atom. The van der Waals surface area contributed by atoms with Crippen molar-refractivity contribution < 1.29 is 9.90 Å². The molecule has 4 nitrogen and oxygen atoms in total. The predicted molar refractivity (Wildman–Crippen MR) is 64.0 cm³/mol. The molecule has 3 N–H and O–H groups in total. The lowest BCUT2D eigenvalue weighted by Gasteiger charge is -2.29. The molecule has 0 aromatic carbocycles. The molecule has 4 heteroatoms. The van der Waals surface area contributed by atoms with Crippen molar-refractivity contribution in [3.63, 3.8) is 0 Å². The second kappa shape index (κ2) is 6.21. The van der Waals surface area contributed by atoms with Gasteiger partial charge in [-0.1, -0.05) is 13.8 Å². The van der Waals surface area contributed by atoms with E-state index in [9.17, 15) is 4.79 Å². The largest absolute Gasteiger partial charge is 0.396 e. The van der Waals surface area contributed by atoms with Crippen molar-refractivity contribution in [3.05, 3.63) is 0 Å². The number of aliphatic hydroxyl groups is 1. The van der Waals surface area contributed by atoms with Gasteiger partial charge in [0.25, 0.3) is 0 Å². The van der Waals surface area contributed by atoms with Crippen LogP contribution in [0.25, 0.3) is 0 Å². The first-order valence-corrected chi connectivity index (χ1v) is 6.19. The van der Waals surface area contributed by atoms with Crippen molar-refractivity contribution in [1.82, 2.24) is 10.6 Å². The van der Waals surface area contributed by atoms with Gasteiger partial charge in [0.05, 0.1) is 6.04 Å². The molecular weight excluding hydrogens is 204 g/mol. The summed E-state index contributed by atoms with van der Waals surface area (Å²) in [7, 11) is 0. The fraction of sp³-hybridized carbons (Fsp3) is 0.917. The highest BCUT2D eigenvalue weighted by molar-refractivity contribution is 5.82. The Hall–Kier alpha value is -0.610. The van der Waals surface area contributed by atoms with E-state index in [1.54, 1.807) is 0 Å². The number of rotatable bonds is 4. The number of hydrogen-bond acceptors (Lipinski definition) is 3. The number of piperidine rings is 1. The average Bonchev–Trinajstić information content (AvgIpc) is 2.27. The maximum Gasteiger partial charge on any atom is 0.237 e. The van der Waals surface area contributed by atoms with E-state index in [1.165, 1.54) is 0 Å². The van der Waals surface area contributed by atoms with Crippen LogP contribution in [-0.2, 0) is 4.79 Å². The summed E-state index contributed by atoms with van der Waals surface area (Å²) in [6.45, 7) is 7.08. The van der Waals surface area contributed by atoms with Gasteiger partial charge in [-0.15, -0.1) is 0 Å². The highest BCUT2D eigenvalue weighted by Gasteiger charge is 2.26. The van der Waals surface area contributed by atoms with Crippen LogP contribution in [0.1, 0.15) is 33.6 Å². The number of hydrogen-bond donors (Lipinski definition) is 3. The van der Waals surface area contributed by atoms with Crippen LogP contribution in [0.4, 0.5) is 0 Å². The summed E-state index contributed by atoms with van der Waals surface area (Å²) in [6, 6.07) is -0.0337. The van der Waals surface area contributed by atoms with Crippen LogP contribution in [0.3, 0.4) is 0 Å². The van der Waals surface area contributed by atoms with E-state index < -0.39 is 0 Å². The lowest BCUT2D eigenvalue weighted by molar-refractivity contribution is -0.125. The van der Waals surface area contributed by atoms with Gasteiger partial charge < -0.3 is 15.7 Å². The molecule has 0 radical (unpaired) electrons.